The Kier molecular flexibility index (Phi) is 3.70. The summed E-state index contributed by atoms with van der Waals surface area (Å²) >= 11 is 1.70. The van der Waals surface area contributed by atoms with E-state index in [1.165, 1.54) is 11.1 Å². The molecule has 0 saturated heterocycles. The highest BCUT2D eigenvalue weighted by Crippen LogP contribution is 2.18. The van der Waals surface area contributed by atoms with Crippen molar-refractivity contribution in [3.8, 4) is 0 Å². The Morgan fingerprint density at radius 3 is 3.00 bits per heavy atom. The van der Waals surface area contributed by atoms with Crippen molar-refractivity contribution in [3.05, 3.63) is 52.0 Å². The van der Waals surface area contributed by atoms with Crippen LogP contribution >= 0.6 is 11.3 Å². The molecular weight excluding hydrogens is 216 g/mol. The standard InChI is InChI=1S/C13H16N2S/c1-2-12(14)11-5-3-4-10(8-11)9-13-15-6-7-16-13/h3-8,12H,2,9,14H2,1H3. The van der Waals surface area contributed by atoms with E-state index in [1.807, 2.05) is 11.6 Å². The summed E-state index contributed by atoms with van der Waals surface area (Å²) < 4.78 is 0. The first-order chi connectivity index (χ1) is 7.79. The predicted molar refractivity (Wildman–Crippen MR) is 68.6 cm³/mol. The van der Waals surface area contributed by atoms with E-state index in [1.54, 1.807) is 11.3 Å². The van der Waals surface area contributed by atoms with Gasteiger partial charge in [0.15, 0.2) is 0 Å². The Bertz CT molecular complexity index is 437. The first-order valence-corrected chi connectivity index (χ1v) is 6.40. The van der Waals surface area contributed by atoms with Crippen LogP contribution in [-0.4, -0.2) is 4.98 Å². The molecule has 0 aliphatic heterocycles. The molecule has 2 aromatic rings. The minimum atomic E-state index is 0.149. The number of nitrogens with zero attached hydrogens (tertiary/aromatic N) is 1. The number of benzene rings is 1. The van der Waals surface area contributed by atoms with Crippen LogP contribution in [-0.2, 0) is 6.42 Å². The summed E-state index contributed by atoms with van der Waals surface area (Å²) in [5.74, 6) is 0. The van der Waals surface area contributed by atoms with Crippen molar-refractivity contribution in [1.29, 1.82) is 0 Å². The van der Waals surface area contributed by atoms with E-state index in [0.29, 0.717) is 0 Å². The van der Waals surface area contributed by atoms with Crippen LogP contribution in [0.3, 0.4) is 0 Å². The van der Waals surface area contributed by atoms with E-state index in [9.17, 15) is 0 Å². The van der Waals surface area contributed by atoms with Gasteiger partial charge in [-0.15, -0.1) is 11.3 Å². The molecule has 16 heavy (non-hydrogen) atoms. The van der Waals surface area contributed by atoms with Crippen molar-refractivity contribution in [2.24, 2.45) is 5.73 Å². The topological polar surface area (TPSA) is 38.9 Å². The Morgan fingerprint density at radius 1 is 1.44 bits per heavy atom. The van der Waals surface area contributed by atoms with Crippen LogP contribution in [0.2, 0.25) is 0 Å². The SMILES string of the molecule is CCC(N)c1cccc(Cc2nccs2)c1. The molecule has 0 spiro atoms. The third-order valence-corrected chi connectivity index (χ3v) is 3.44. The second kappa shape index (κ2) is 5.23. The van der Waals surface area contributed by atoms with Gasteiger partial charge in [0.25, 0.3) is 0 Å². The summed E-state index contributed by atoms with van der Waals surface area (Å²) in [6, 6.07) is 8.65. The highest BCUT2D eigenvalue weighted by atomic mass is 32.1. The monoisotopic (exact) mass is 232 g/mol. The zero-order chi connectivity index (χ0) is 11.4. The third kappa shape index (κ3) is 2.68. The lowest BCUT2D eigenvalue weighted by Crippen LogP contribution is -2.08. The number of nitrogens with two attached hydrogens (primary N) is 1. The first-order valence-electron chi connectivity index (χ1n) is 5.52. The lowest BCUT2D eigenvalue weighted by atomic mass is 10.0. The van der Waals surface area contributed by atoms with Crippen molar-refractivity contribution >= 4 is 11.3 Å². The number of aromatic nitrogens is 1. The van der Waals surface area contributed by atoms with Gasteiger partial charge in [0.2, 0.25) is 0 Å². The normalized spacial score (nSPS) is 12.6. The molecular formula is C13H16N2S. The molecule has 0 bridgehead atoms. The van der Waals surface area contributed by atoms with Gasteiger partial charge in [-0.05, 0) is 17.5 Å². The Hall–Kier alpha value is -1.19. The Morgan fingerprint density at radius 2 is 2.31 bits per heavy atom. The smallest absolute Gasteiger partial charge is 0.0968 e. The summed E-state index contributed by atoms with van der Waals surface area (Å²) in [7, 11) is 0. The van der Waals surface area contributed by atoms with Crippen LogP contribution in [0.4, 0.5) is 0 Å². The fourth-order valence-corrected chi connectivity index (χ4v) is 2.33. The number of thiazole rings is 1. The summed E-state index contributed by atoms with van der Waals surface area (Å²) in [5, 5.41) is 3.17. The molecule has 1 unspecified atom stereocenters. The molecule has 0 saturated carbocycles. The van der Waals surface area contributed by atoms with Crippen LogP contribution in [0.1, 0.15) is 35.5 Å². The molecule has 0 amide bonds. The van der Waals surface area contributed by atoms with Crippen molar-refractivity contribution < 1.29 is 0 Å². The quantitative estimate of drug-likeness (QED) is 0.879. The molecule has 1 heterocycles. The second-order valence-electron chi connectivity index (χ2n) is 3.86. The largest absolute Gasteiger partial charge is 0.324 e. The van der Waals surface area contributed by atoms with Crippen LogP contribution in [0.15, 0.2) is 35.8 Å². The van der Waals surface area contributed by atoms with Crippen LogP contribution < -0.4 is 5.73 Å². The Labute approximate surface area is 100 Å². The second-order valence-corrected chi connectivity index (χ2v) is 4.84. The highest BCUT2D eigenvalue weighted by molar-refractivity contribution is 7.09. The van der Waals surface area contributed by atoms with Gasteiger partial charge in [-0.3, -0.25) is 0 Å². The minimum Gasteiger partial charge on any atom is -0.324 e. The Balaban J connectivity index is 2.16. The highest BCUT2D eigenvalue weighted by Gasteiger charge is 2.05. The molecule has 84 valence electrons. The molecule has 3 heteroatoms. The van der Waals surface area contributed by atoms with Gasteiger partial charge >= 0.3 is 0 Å². The third-order valence-electron chi connectivity index (χ3n) is 2.66. The fourth-order valence-electron chi connectivity index (χ4n) is 1.68. The van der Waals surface area contributed by atoms with Crippen molar-refractivity contribution in [2.45, 2.75) is 25.8 Å². The minimum absolute atomic E-state index is 0.149. The van der Waals surface area contributed by atoms with Crippen molar-refractivity contribution in [3.63, 3.8) is 0 Å². The van der Waals surface area contributed by atoms with Crippen molar-refractivity contribution in [1.82, 2.24) is 4.98 Å². The van der Waals surface area contributed by atoms with Gasteiger partial charge in [-0.1, -0.05) is 31.2 Å². The van der Waals surface area contributed by atoms with Gasteiger partial charge in [0, 0.05) is 24.0 Å². The van der Waals surface area contributed by atoms with Gasteiger partial charge in [0.05, 0.1) is 5.01 Å². The number of hydrogen-bond acceptors (Lipinski definition) is 3. The molecule has 2 rings (SSSR count). The predicted octanol–water partition coefficient (Wildman–Crippen LogP) is 3.14. The fraction of sp³-hybridized carbons (Fsp3) is 0.308. The van der Waals surface area contributed by atoms with E-state index in [0.717, 1.165) is 17.8 Å². The van der Waals surface area contributed by atoms with E-state index < -0.39 is 0 Å². The molecule has 1 aromatic heterocycles. The number of hydrogen-bond donors (Lipinski definition) is 1. The van der Waals surface area contributed by atoms with Crippen LogP contribution in [0, 0.1) is 0 Å². The lowest BCUT2D eigenvalue weighted by Gasteiger charge is -2.10. The van der Waals surface area contributed by atoms with Crippen molar-refractivity contribution in [2.75, 3.05) is 0 Å². The van der Waals surface area contributed by atoms with Crippen LogP contribution in [0.25, 0.3) is 0 Å². The summed E-state index contributed by atoms with van der Waals surface area (Å²) in [6.07, 6.45) is 3.73. The first kappa shape index (κ1) is 11.3. The van der Waals surface area contributed by atoms with E-state index in [-0.39, 0.29) is 6.04 Å². The molecule has 0 radical (unpaired) electrons. The average molecular weight is 232 g/mol. The van der Waals surface area contributed by atoms with Crippen LogP contribution in [0.5, 0.6) is 0 Å². The molecule has 0 fully saturated rings. The van der Waals surface area contributed by atoms with Gasteiger partial charge in [0.1, 0.15) is 0 Å². The van der Waals surface area contributed by atoms with Gasteiger partial charge in [-0.25, -0.2) is 4.98 Å². The molecule has 1 atom stereocenters. The lowest BCUT2D eigenvalue weighted by molar-refractivity contribution is 0.697. The maximum Gasteiger partial charge on any atom is 0.0968 e. The maximum absolute atomic E-state index is 6.02. The summed E-state index contributed by atoms with van der Waals surface area (Å²) in [6.45, 7) is 2.11. The summed E-state index contributed by atoms with van der Waals surface area (Å²) in [5.41, 5.74) is 8.53. The maximum atomic E-state index is 6.02. The van der Waals surface area contributed by atoms with E-state index in [4.69, 9.17) is 5.73 Å². The molecule has 2 N–H and O–H groups in total. The molecule has 1 aromatic carbocycles. The summed E-state index contributed by atoms with van der Waals surface area (Å²) in [4.78, 5) is 4.29. The molecule has 0 aliphatic carbocycles. The average Bonchev–Trinajstić information content (AvgIpc) is 2.81. The van der Waals surface area contributed by atoms with Gasteiger partial charge < -0.3 is 5.73 Å². The zero-order valence-electron chi connectivity index (χ0n) is 9.39. The van der Waals surface area contributed by atoms with Gasteiger partial charge in [-0.2, -0.15) is 0 Å². The zero-order valence-corrected chi connectivity index (χ0v) is 10.2. The number of rotatable bonds is 4. The van der Waals surface area contributed by atoms with E-state index in [2.05, 4.69) is 36.2 Å². The molecule has 2 nitrogen and oxygen atoms in total. The molecule has 0 aliphatic rings. The van der Waals surface area contributed by atoms with E-state index >= 15 is 0 Å².